The summed E-state index contributed by atoms with van der Waals surface area (Å²) in [5.74, 6) is -3.60. The third-order valence-corrected chi connectivity index (χ3v) is 9.29. The van der Waals surface area contributed by atoms with Gasteiger partial charge in [0.15, 0.2) is 17.0 Å². The van der Waals surface area contributed by atoms with Crippen LogP contribution in [0.1, 0.15) is 68.7 Å². The number of ketones is 1. The largest absolute Gasteiger partial charge is 0.459 e. The van der Waals surface area contributed by atoms with Crippen molar-refractivity contribution in [3.8, 4) is 0 Å². The second-order valence-electron chi connectivity index (χ2n) is 12.2. The Morgan fingerprint density at radius 1 is 1.05 bits per heavy atom. The summed E-state index contributed by atoms with van der Waals surface area (Å²) >= 11 is 0. The third kappa shape index (κ3) is 4.13. The van der Waals surface area contributed by atoms with E-state index in [2.05, 4.69) is 0 Å². The van der Waals surface area contributed by atoms with Crippen molar-refractivity contribution in [1.82, 2.24) is 0 Å². The summed E-state index contributed by atoms with van der Waals surface area (Å²) in [6.07, 6.45) is -0.102. The lowest BCUT2D eigenvalue weighted by Gasteiger charge is -2.28. The fourth-order valence-electron chi connectivity index (χ4n) is 7.24. The van der Waals surface area contributed by atoms with Gasteiger partial charge in [0.05, 0.1) is 12.0 Å². The molecule has 4 aliphatic rings. The molecule has 9 heteroatoms. The van der Waals surface area contributed by atoms with Gasteiger partial charge in [-0.2, -0.15) is 0 Å². The molecule has 3 fully saturated rings. The van der Waals surface area contributed by atoms with Gasteiger partial charge in [0, 0.05) is 31.3 Å². The van der Waals surface area contributed by atoms with Crippen LogP contribution in [0.5, 0.6) is 0 Å². The maximum absolute atomic E-state index is 14.3. The van der Waals surface area contributed by atoms with Crippen molar-refractivity contribution in [3.05, 3.63) is 23.3 Å². The Labute approximate surface area is 223 Å². The van der Waals surface area contributed by atoms with E-state index in [4.69, 9.17) is 18.9 Å². The number of hydrogen-bond donors (Lipinski definition) is 1. The quantitative estimate of drug-likeness (QED) is 0.191. The summed E-state index contributed by atoms with van der Waals surface area (Å²) in [5, 5.41) is 11.6. The van der Waals surface area contributed by atoms with Crippen molar-refractivity contribution in [2.24, 2.45) is 29.1 Å². The first kappa shape index (κ1) is 28.5. The number of ether oxygens (including phenoxy) is 4. The van der Waals surface area contributed by atoms with Gasteiger partial charge in [0.25, 0.3) is 0 Å². The Balaban J connectivity index is 1.88. The minimum Gasteiger partial charge on any atom is -0.459 e. The minimum atomic E-state index is -1.29. The molecular formula is C29H40O9. The molecule has 1 N–H and O–H groups in total. The fourth-order valence-corrected chi connectivity index (χ4v) is 7.24. The van der Waals surface area contributed by atoms with Gasteiger partial charge in [-0.1, -0.05) is 33.8 Å². The van der Waals surface area contributed by atoms with Crippen LogP contribution in [-0.4, -0.2) is 64.4 Å². The molecule has 38 heavy (non-hydrogen) atoms. The molecule has 0 aromatic carbocycles. The number of fused-ring (bicyclic) bond motifs is 1. The lowest BCUT2D eigenvalue weighted by molar-refractivity contribution is -0.153. The molecule has 0 bridgehead atoms. The molecule has 4 rings (SSSR count). The number of carbonyl (C=O) groups excluding carboxylic acids is 4. The molecule has 9 nitrogen and oxygen atoms in total. The molecule has 3 aliphatic carbocycles. The summed E-state index contributed by atoms with van der Waals surface area (Å²) in [6, 6.07) is 0. The number of aliphatic hydroxyl groups is 1. The molecule has 1 heterocycles. The Kier molecular flexibility index (Phi) is 6.97. The van der Waals surface area contributed by atoms with Gasteiger partial charge in [-0.25, -0.2) is 4.79 Å². The highest BCUT2D eigenvalue weighted by Crippen LogP contribution is 2.68. The zero-order valence-electron chi connectivity index (χ0n) is 23.7. The van der Waals surface area contributed by atoms with Gasteiger partial charge in [-0.15, -0.1) is 0 Å². The third-order valence-electron chi connectivity index (χ3n) is 9.29. The van der Waals surface area contributed by atoms with E-state index in [-0.39, 0.29) is 17.6 Å². The first-order chi connectivity index (χ1) is 17.6. The summed E-state index contributed by atoms with van der Waals surface area (Å²) < 4.78 is 23.6. The predicted octanol–water partition coefficient (Wildman–Crippen LogP) is 3.07. The molecule has 2 saturated carbocycles. The second-order valence-corrected chi connectivity index (χ2v) is 12.2. The van der Waals surface area contributed by atoms with Crippen LogP contribution in [0.3, 0.4) is 0 Å². The van der Waals surface area contributed by atoms with Crippen LogP contribution in [0.2, 0.25) is 0 Å². The van der Waals surface area contributed by atoms with E-state index in [0.29, 0.717) is 17.6 Å². The van der Waals surface area contributed by atoms with Gasteiger partial charge < -0.3 is 24.1 Å². The number of esters is 3. The molecule has 0 aromatic rings. The predicted molar refractivity (Wildman–Crippen MR) is 135 cm³/mol. The van der Waals surface area contributed by atoms with Crippen molar-refractivity contribution < 1.29 is 43.2 Å². The van der Waals surface area contributed by atoms with Crippen molar-refractivity contribution in [2.45, 2.75) is 104 Å². The van der Waals surface area contributed by atoms with E-state index in [1.54, 1.807) is 39.8 Å². The van der Waals surface area contributed by atoms with Crippen molar-refractivity contribution >= 4 is 23.7 Å². The van der Waals surface area contributed by atoms with Gasteiger partial charge in [-0.3, -0.25) is 14.4 Å². The number of aliphatic hydroxyl groups excluding tert-OH is 1. The van der Waals surface area contributed by atoms with E-state index < -0.39 is 70.8 Å². The molecule has 1 aliphatic heterocycles. The Hall–Kier alpha value is -2.52. The number of Topliss-reactive ketones (excluding diaryl/α,β-unsaturated/α-hetero) is 1. The molecule has 0 spiro atoms. The normalized spacial score (nSPS) is 44.7. The first-order valence-corrected chi connectivity index (χ1v) is 13.4. The van der Waals surface area contributed by atoms with E-state index in [1.807, 2.05) is 20.8 Å². The Morgan fingerprint density at radius 2 is 1.66 bits per heavy atom. The minimum absolute atomic E-state index is 0.204. The van der Waals surface area contributed by atoms with E-state index in [0.717, 1.165) is 0 Å². The molecule has 1 saturated heterocycles. The highest BCUT2D eigenvalue weighted by Gasteiger charge is 2.84. The maximum atomic E-state index is 14.3. The second kappa shape index (κ2) is 9.30. The monoisotopic (exact) mass is 532 g/mol. The van der Waals surface area contributed by atoms with E-state index >= 15 is 0 Å². The zero-order valence-corrected chi connectivity index (χ0v) is 23.7. The van der Waals surface area contributed by atoms with Gasteiger partial charge >= 0.3 is 17.9 Å². The number of hydrogen-bond acceptors (Lipinski definition) is 9. The maximum Gasteiger partial charge on any atom is 0.333 e. The van der Waals surface area contributed by atoms with Crippen LogP contribution < -0.4 is 0 Å². The van der Waals surface area contributed by atoms with E-state index in [9.17, 15) is 24.3 Å². The molecular weight excluding hydrogens is 492 g/mol. The molecule has 0 amide bonds. The SMILES string of the molecule is C/C=C(/C)C(=O)O[C@H]1[C@@H]2[C@H]([C@@H](O)[C@@H](OC(C)=O)/C(C)=C\[C@@]34O[C@@]3(C[C@H](C)[C@@H]4OC(C)=O)C(=O)[C@H]1C)C2(C)C. The highest BCUT2D eigenvalue weighted by molar-refractivity contribution is 5.96. The average molecular weight is 533 g/mol. The Morgan fingerprint density at radius 3 is 2.21 bits per heavy atom. The molecule has 210 valence electrons. The zero-order chi connectivity index (χ0) is 28.5. The van der Waals surface area contributed by atoms with Gasteiger partial charge in [0.2, 0.25) is 0 Å². The van der Waals surface area contributed by atoms with Crippen LogP contribution in [0.4, 0.5) is 0 Å². The number of epoxide rings is 1. The van der Waals surface area contributed by atoms with Gasteiger partial charge in [0.1, 0.15) is 18.3 Å². The van der Waals surface area contributed by atoms with Crippen molar-refractivity contribution in [2.75, 3.05) is 0 Å². The number of allylic oxidation sites excluding steroid dienone is 1. The van der Waals surface area contributed by atoms with Crippen LogP contribution in [-0.2, 0) is 38.1 Å². The van der Waals surface area contributed by atoms with Crippen LogP contribution in [0.15, 0.2) is 23.3 Å². The molecule has 0 unspecified atom stereocenters. The van der Waals surface area contributed by atoms with Crippen LogP contribution in [0, 0.1) is 29.1 Å². The number of rotatable bonds is 4. The highest BCUT2D eigenvalue weighted by atomic mass is 16.7. The average Bonchev–Trinajstić information content (AvgIpc) is 3.62. The van der Waals surface area contributed by atoms with Crippen LogP contribution in [0.25, 0.3) is 0 Å². The van der Waals surface area contributed by atoms with Crippen molar-refractivity contribution in [3.63, 3.8) is 0 Å². The molecule has 0 aromatic heterocycles. The molecule has 10 atom stereocenters. The smallest absolute Gasteiger partial charge is 0.333 e. The summed E-state index contributed by atoms with van der Waals surface area (Å²) in [5.41, 5.74) is -2.17. The Bertz CT molecular complexity index is 1120. The summed E-state index contributed by atoms with van der Waals surface area (Å²) in [6.45, 7) is 15.2. The first-order valence-electron chi connectivity index (χ1n) is 13.4. The van der Waals surface area contributed by atoms with Gasteiger partial charge in [-0.05, 0) is 50.2 Å². The lowest BCUT2D eigenvalue weighted by Crippen LogP contribution is -2.43. The number of carbonyl (C=O) groups is 4. The standard InChI is InChI=1S/C29H40O9/c1-10-13(2)26(34)37-23-16(5)24(33)28-12-15(4)25(36-18(7)31)29(28,38-28)11-14(3)22(35-17(6)30)21(32)19-20(23)27(19,8)9/h10-11,15-16,19-23,25,32H,12H2,1-9H3/b13-10-,14-11-/t15-,16-,19+,20-,21+,22-,23+,25-,28-,29-/m0/s1. The van der Waals surface area contributed by atoms with Crippen molar-refractivity contribution in [1.29, 1.82) is 0 Å². The molecule has 0 radical (unpaired) electrons. The summed E-state index contributed by atoms with van der Waals surface area (Å²) in [4.78, 5) is 51.4. The van der Waals surface area contributed by atoms with E-state index in [1.165, 1.54) is 13.8 Å². The topological polar surface area (TPSA) is 129 Å². The lowest BCUT2D eigenvalue weighted by atomic mass is 9.80. The fraction of sp³-hybridized carbons (Fsp3) is 0.724. The summed E-state index contributed by atoms with van der Waals surface area (Å²) in [7, 11) is 0. The van der Waals surface area contributed by atoms with Crippen LogP contribution >= 0.6 is 0 Å².